The number of piperidine rings is 1. The molecular weight excluding hydrogens is 390 g/mol. The number of nitrogen functional groups attached to an aromatic ring is 1. The monoisotopic (exact) mass is 421 g/mol. The minimum absolute atomic E-state index is 0.0852. The number of fused-ring (bicyclic) bond motifs is 1. The third kappa shape index (κ3) is 5.22. The maximum absolute atomic E-state index is 12.8. The van der Waals surface area contributed by atoms with Gasteiger partial charge in [-0.2, -0.15) is 0 Å². The van der Waals surface area contributed by atoms with E-state index < -0.39 is 6.04 Å². The number of rotatable bonds is 6. The Labute approximate surface area is 183 Å². The summed E-state index contributed by atoms with van der Waals surface area (Å²) >= 11 is 0. The highest BCUT2D eigenvalue weighted by atomic mass is 16.2. The van der Waals surface area contributed by atoms with E-state index in [1.807, 2.05) is 12.1 Å². The fourth-order valence-corrected chi connectivity index (χ4v) is 4.64. The molecular formula is C24H31N5O2. The van der Waals surface area contributed by atoms with Gasteiger partial charge in [-0.25, -0.2) is 4.98 Å². The molecule has 7 nitrogen and oxygen atoms in total. The smallest absolute Gasteiger partial charge is 0.242 e. The van der Waals surface area contributed by atoms with E-state index >= 15 is 0 Å². The van der Waals surface area contributed by atoms with E-state index in [2.05, 4.69) is 45.2 Å². The second-order valence-electron chi connectivity index (χ2n) is 8.69. The van der Waals surface area contributed by atoms with Crippen molar-refractivity contribution in [3.63, 3.8) is 0 Å². The normalized spacial score (nSPS) is 23.6. The summed E-state index contributed by atoms with van der Waals surface area (Å²) in [4.78, 5) is 29.9. The molecule has 5 N–H and O–H groups in total. The third-order valence-electron chi connectivity index (χ3n) is 6.34. The van der Waals surface area contributed by atoms with Gasteiger partial charge in [0, 0.05) is 5.69 Å². The number of amides is 2. The molecule has 31 heavy (non-hydrogen) atoms. The fraction of sp³-hybridized carbons (Fsp3) is 0.458. The van der Waals surface area contributed by atoms with Gasteiger partial charge >= 0.3 is 0 Å². The Morgan fingerprint density at radius 3 is 2.81 bits per heavy atom. The van der Waals surface area contributed by atoms with E-state index in [-0.39, 0.29) is 23.9 Å². The number of aromatic nitrogens is 1. The highest BCUT2D eigenvalue weighted by molar-refractivity contribution is 5.89. The van der Waals surface area contributed by atoms with Crippen LogP contribution in [0.15, 0.2) is 42.5 Å². The Bertz CT molecular complexity index is 933. The van der Waals surface area contributed by atoms with Crippen molar-refractivity contribution in [2.75, 3.05) is 12.3 Å². The zero-order valence-electron chi connectivity index (χ0n) is 17.9. The van der Waals surface area contributed by atoms with Crippen molar-refractivity contribution < 1.29 is 9.59 Å². The first-order valence-electron chi connectivity index (χ1n) is 11.1. The molecule has 1 aliphatic carbocycles. The Kier molecular flexibility index (Phi) is 6.51. The van der Waals surface area contributed by atoms with Gasteiger partial charge in [-0.3, -0.25) is 9.59 Å². The molecule has 1 fully saturated rings. The summed E-state index contributed by atoms with van der Waals surface area (Å²) in [5.41, 5.74) is 9.01. The van der Waals surface area contributed by atoms with Gasteiger partial charge < -0.3 is 21.7 Å². The number of anilines is 1. The van der Waals surface area contributed by atoms with E-state index in [9.17, 15) is 9.59 Å². The Balaban J connectivity index is 1.28. The predicted molar refractivity (Wildman–Crippen MR) is 120 cm³/mol. The van der Waals surface area contributed by atoms with Crippen LogP contribution in [0.5, 0.6) is 0 Å². The number of carbonyl (C=O) groups excluding carboxylic acids is 2. The van der Waals surface area contributed by atoms with E-state index in [0.717, 1.165) is 49.9 Å². The molecule has 164 valence electrons. The molecule has 0 bridgehead atoms. The lowest BCUT2D eigenvalue weighted by molar-refractivity contribution is -0.130. The molecule has 0 saturated carbocycles. The minimum atomic E-state index is -0.602. The summed E-state index contributed by atoms with van der Waals surface area (Å²) in [5, 5.41) is 9.25. The van der Waals surface area contributed by atoms with Crippen molar-refractivity contribution in [3.05, 3.63) is 59.3 Å². The number of pyridine rings is 1. The van der Waals surface area contributed by atoms with Crippen molar-refractivity contribution in [2.24, 2.45) is 5.92 Å². The lowest BCUT2D eigenvalue weighted by Crippen LogP contribution is -2.54. The molecule has 1 aromatic carbocycles. The van der Waals surface area contributed by atoms with Crippen LogP contribution in [0.2, 0.25) is 0 Å². The van der Waals surface area contributed by atoms with Crippen LogP contribution in [-0.4, -0.2) is 35.4 Å². The van der Waals surface area contributed by atoms with Crippen LogP contribution in [0.1, 0.15) is 49.0 Å². The van der Waals surface area contributed by atoms with Crippen LogP contribution >= 0.6 is 0 Å². The van der Waals surface area contributed by atoms with Crippen molar-refractivity contribution in [2.45, 2.75) is 57.2 Å². The summed E-state index contributed by atoms with van der Waals surface area (Å²) in [7, 11) is 0. The van der Waals surface area contributed by atoms with Gasteiger partial charge in [0.15, 0.2) is 0 Å². The van der Waals surface area contributed by atoms with Crippen molar-refractivity contribution >= 4 is 17.6 Å². The van der Waals surface area contributed by atoms with Crippen LogP contribution < -0.4 is 21.7 Å². The van der Waals surface area contributed by atoms with Gasteiger partial charge in [0.1, 0.15) is 11.9 Å². The van der Waals surface area contributed by atoms with Crippen molar-refractivity contribution in [3.8, 4) is 0 Å². The lowest BCUT2D eigenvalue weighted by Gasteiger charge is -2.30. The summed E-state index contributed by atoms with van der Waals surface area (Å²) in [6, 6.07) is 13.1. The molecule has 1 saturated heterocycles. The Morgan fingerprint density at radius 2 is 2.00 bits per heavy atom. The van der Waals surface area contributed by atoms with E-state index in [4.69, 9.17) is 5.73 Å². The summed E-state index contributed by atoms with van der Waals surface area (Å²) in [6.45, 7) is 2.54. The van der Waals surface area contributed by atoms with E-state index in [1.54, 1.807) is 13.0 Å². The third-order valence-corrected chi connectivity index (χ3v) is 6.34. The molecule has 4 atom stereocenters. The number of aryl methyl sites for hydroxylation is 1. The predicted octanol–water partition coefficient (Wildman–Crippen LogP) is 1.88. The molecule has 0 radical (unpaired) electrons. The Morgan fingerprint density at radius 1 is 1.19 bits per heavy atom. The molecule has 2 amide bonds. The maximum atomic E-state index is 12.8. The second kappa shape index (κ2) is 9.47. The summed E-state index contributed by atoms with van der Waals surface area (Å²) in [6.07, 6.45) is 4.39. The van der Waals surface area contributed by atoms with Gasteiger partial charge in [0.05, 0.1) is 12.1 Å². The van der Waals surface area contributed by atoms with Crippen LogP contribution in [0, 0.1) is 5.92 Å². The molecule has 7 heteroatoms. The van der Waals surface area contributed by atoms with Gasteiger partial charge in [0.2, 0.25) is 11.8 Å². The van der Waals surface area contributed by atoms with Crippen LogP contribution in [0.4, 0.5) is 5.82 Å². The number of nitrogens with two attached hydrogens (primary N) is 1. The van der Waals surface area contributed by atoms with Gasteiger partial charge in [-0.05, 0) is 68.7 Å². The minimum Gasteiger partial charge on any atom is -0.384 e. The van der Waals surface area contributed by atoms with Crippen molar-refractivity contribution in [1.82, 2.24) is 20.9 Å². The topological polar surface area (TPSA) is 109 Å². The largest absolute Gasteiger partial charge is 0.384 e. The van der Waals surface area contributed by atoms with E-state index in [0.29, 0.717) is 11.7 Å². The molecule has 1 aliphatic heterocycles. The second-order valence-corrected chi connectivity index (χ2v) is 8.69. The first-order chi connectivity index (χ1) is 15.0. The van der Waals surface area contributed by atoms with E-state index in [1.165, 1.54) is 5.56 Å². The molecule has 2 aromatic rings. The van der Waals surface area contributed by atoms with Gasteiger partial charge in [-0.15, -0.1) is 0 Å². The maximum Gasteiger partial charge on any atom is 0.242 e. The standard InChI is InChI=1S/C24H31N5O2/c1-15(23(30)29-20-9-8-19-18(20)7-10-22(25)28-19)27-24(31)21-14-17(11-12-26-21)13-16-5-3-2-4-6-16/h2-7,10,15,17,20-21,26H,8-9,11-14H2,1H3,(H2,25,28)(H,27,31)(H,29,30)/t15-,17?,20+,21?/m0/s1. The fourth-order valence-electron chi connectivity index (χ4n) is 4.64. The number of nitrogens with zero attached hydrogens (tertiary/aromatic N) is 1. The van der Waals surface area contributed by atoms with Gasteiger partial charge in [-0.1, -0.05) is 36.4 Å². The van der Waals surface area contributed by atoms with Gasteiger partial charge in [0.25, 0.3) is 0 Å². The SMILES string of the molecule is C[C@H](NC(=O)C1CC(Cc2ccccc2)CCN1)C(=O)N[C@@H]1CCc2nc(N)ccc21. The Hall–Kier alpha value is -2.93. The van der Waals surface area contributed by atoms with Crippen molar-refractivity contribution in [1.29, 1.82) is 0 Å². The highest BCUT2D eigenvalue weighted by Gasteiger charge is 2.30. The molecule has 4 rings (SSSR count). The number of carbonyl (C=O) groups is 2. The first kappa shape index (κ1) is 21.3. The number of benzene rings is 1. The number of hydrogen-bond donors (Lipinski definition) is 4. The number of nitrogens with one attached hydrogen (secondary N) is 3. The molecule has 0 spiro atoms. The zero-order valence-corrected chi connectivity index (χ0v) is 17.9. The summed E-state index contributed by atoms with van der Waals surface area (Å²) in [5.74, 6) is 0.664. The molecule has 1 aromatic heterocycles. The highest BCUT2D eigenvalue weighted by Crippen LogP contribution is 2.30. The van der Waals surface area contributed by atoms with Crippen LogP contribution in [0.25, 0.3) is 0 Å². The first-order valence-corrected chi connectivity index (χ1v) is 11.1. The van der Waals surface area contributed by atoms with Crippen LogP contribution in [0.3, 0.4) is 0 Å². The lowest BCUT2D eigenvalue weighted by atomic mass is 9.87. The molecule has 2 heterocycles. The zero-order chi connectivity index (χ0) is 21.8. The molecule has 2 unspecified atom stereocenters. The summed E-state index contributed by atoms with van der Waals surface area (Å²) < 4.78 is 0. The average molecular weight is 422 g/mol. The van der Waals surface area contributed by atoms with Crippen LogP contribution in [-0.2, 0) is 22.4 Å². The average Bonchev–Trinajstić information content (AvgIpc) is 3.16. The number of hydrogen-bond acceptors (Lipinski definition) is 5. The molecule has 2 aliphatic rings. The quantitative estimate of drug-likeness (QED) is 0.569.